The first-order valence-corrected chi connectivity index (χ1v) is 5.02. The van der Waals surface area contributed by atoms with Crippen LogP contribution >= 0.6 is 0 Å². The zero-order valence-corrected chi connectivity index (χ0v) is 9.56. The molecule has 0 fully saturated rings. The maximum absolute atomic E-state index is 11.3. The lowest BCUT2D eigenvalue weighted by atomic mass is 10.1. The molecule has 0 atom stereocenters. The third kappa shape index (κ3) is 2.13. The maximum atomic E-state index is 11.3. The van der Waals surface area contributed by atoms with E-state index in [1.165, 1.54) is 7.11 Å². The first kappa shape index (κ1) is 11.2. The van der Waals surface area contributed by atoms with Crippen molar-refractivity contribution in [1.29, 1.82) is 0 Å². The van der Waals surface area contributed by atoms with Gasteiger partial charge in [-0.25, -0.2) is 4.79 Å². The Labute approximate surface area is 98.4 Å². The van der Waals surface area contributed by atoms with E-state index < -0.39 is 0 Å². The molecule has 0 radical (unpaired) electrons. The van der Waals surface area contributed by atoms with Crippen LogP contribution in [0.25, 0.3) is 11.3 Å². The lowest BCUT2D eigenvalue weighted by Crippen LogP contribution is -2.00. The Kier molecular flexibility index (Phi) is 3.09. The average Bonchev–Trinajstić information content (AvgIpc) is 2.86. The molecule has 0 aliphatic heterocycles. The number of hydrogen-bond acceptors (Lipinski definition) is 4. The van der Waals surface area contributed by atoms with Crippen LogP contribution in [0, 0.1) is 0 Å². The highest BCUT2D eigenvalue weighted by molar-refractivity contribution is 5.90. The second-order valence-electron chi connectivity index (χ2n) is 3.38. The van der Waals surface area contributed by atoms with Crippen LogP contribution in [-0.2, 0) is 4.74 Å². The predicted molar refractivity (Wildman–Crippen MR) is 61.9 cm³/mol. The third-order valence-electron chi connectivity index (χ3n) is 2.42. The summed E-state index contributed by atoms with van der Waals surface area (Å²) in [6.07, 6.45) is 1.60. The van der Waals surface area contributed by atoms with Crippen LogP contribution in [0.2, 0.25) is 0 Å². The summed E-state index contributed by atoms with van der Waals surface area (Å²) >= 11 is 0. The topological polar surface area (TPSA) is 64.2 Å². The predicted octanol–water partition coefficient (Wildman–Crippen LogP) is 1.87. The van der Waals surface area contributed by atoms with Gasteiger partial charge in [0.25, 0.3) is 0 Å². The van der Waals surface area contributed by atoms with Gasteiger partial charge in [-0.15, -0.1) is 0 Å². The van der Waals surface area contributed by atoms with Gasteiger partial charge < -0.3 is 9.47 Å². The number of methoxy groups -OCH3 is 2. The molecule has 0 unspecified atom stereocenters. The molecule has 0 saturated carbocycles. The third-order valence-corrected chi connectivity index (χ3v) is 2.42. The van der Waals surface area contributed by atoms with Gasteiger partial charge in [-0.3, -0.25) is 5.10 Å². The molecule has 0 aliphatic rings. The monoisotopic (exact) mass is 232 g/mol. The number of H-pyrrole nitrogens is 1. The molecule has 5 heteroatoms. The Hall–Kier alpha value is -2.30. The van der Waals surface area contributed by atoms with E-state index in [4.69, 9.17) is 4.74 Å². The zero-order chi connectivity index (χ0) is 12.3. The van der Waals surface area contributed by atoms with Crippen LogP contribution in [0.3, 0.4) is 0 Å². The number of ether oxygens (including phenoxy) is 2. The van der Waals surface area contributed by atoms with E-state index in [0.29, 0.717) is 11.3 Å². The van der Waals surface area contributed by atoms with E-state index in [2.05, 4.69) is 14.9 Å². The number of carbonyl (C=O) groups is 1. The van der Waals surface area contributed by atoms with E-state index in [9.17, 15) is 4.79 Å². The average molecular weight is 232 g/mol. The maximum Gasteiger partial charge on any atom is 0.337 e. The molecule has 0 spiro atoms. The molecule has 0 aliphatic carbocycles. The van der Waals surface area contributed by atoms with Crippen molar-refractivity contribution in [1.82, 2.24) is 10.2 Å². The van der Waals surface area contributed by atoms with E-state index in [-0.39, 0.29) is 5.97 Å². The number of hydrogen-bond donors (Lipinski definition) is 1. The van der Waals surface area contributed by atoms with Crippen LogP contribution < -0.4 is 4.74 Å². The quantitative estimate of drug-likeness (QED) is 0.820. The first-order chi connectivity index (χ1) is 8.26. The van der Waals surface area contributed by atoms with Crippen molar-refractivity contribution >= 4 is 5.97 Å². The van der Waals surface area contributed by atoms with Gasteiger partial charge in [0.2, 0.25) is 0 Å². The summed E-state index contributed by atoms with van der Waals surface area (Å²) in [7, 11) is 2.94. The normalized spacial score (nSPS) is 10.0. The number of nitrogens with zero attached hydrogens (tertiary/aromatic N) is 1. The molecule has 0 saturated heterocycles. The molecule has 2 aromatic rings. The number of benzene rings is 1. The summed E-state index contributed by atoms with van der Waals surface area (Å²) in [5, 5.41) is 6.75. The zero-order valence-electron chi connectivity index (χ0n) is 9.56. The summed E-state index contributed by atoms with van der Waals surface area (Å²) in [6, 6.07) is 7.01. The fourth-order valence-electron chi connectivity index (χ4n) is 1.53. The van der Waals surface area contributed by atoms with Crippen LogP contribution in [0.5, 0.6) is 5.75 Å². The minimum absolute atomic E-state index is 0.354. The van der Waals surface area contributed by atoms with Gasteiger partial charge in [0.15, 0.2) is 5.75 Å². The molecule has 2 rings (SSSR count). The molecule has 17 heavy (non-hydrogen) atoms. The van der Waals surface area contributed by atoms with Crippen molar-refractivity contribution in [3.05, 3.63) is 36.0 Å². The van der Waals surface area contributed by atoms with Gasteiger partial charge in [-0.05, 0) is 12.1 Å². The largest absolute Gasteiger partial charge is 0.493 e. The van der Waals surface area contributed by atoms with Crippen molar-refractivity contribution in [2.24, 2.45) is 0 Å². The molecule has 0 amide bonds. The minimum atomic E-state index is -0.354. The van der Waals surface area contributed by atoms with E-state index >= 15 is 0 Å². The highest BCUT2D eigenvalue weighted by atomic mass is 16.5. The summed E-state index contributed by atoms with van der Waals surface area (Å²) in [6.45, 7) is 0. The van der Waals surface area contributed by atoms with Crippen molar-refractivity contribution in [2.45, 2.75) is 0 Å². The summed E-state index contributed by atoms with van der Waals surface area (Å²) in [5.74, 6) is 0.309. The second kappa shape index (κ2) is 4.69. The molecule has 5 nitrogen and oxygen atoms in total. The molecular weight excluding hydrogens is 220 g/mol. The second-order valence-corrected chi connectivity index (χ2v) is 3.38. The molecule has 1 N–H and O–H groups in total. The lowest BCUT2D eigenvalue weighted by Gasteiger charge is -2.03. The number of aromatic amines is 1. The fraction of sp³-hybridized carbons (Fsp3) is 0.167. The lowest BCUT2D eigenvalue weighted by molar-refractivity contribution is 0.0601. The Morgan fingerprint density at radius 2 is 1.94 bits per heavy atom. The van der Waals surface area contributed by atoms with Gasteiger partial charge in [0.05, 0.1) is 26.0 Å². The Morgan fingerprint density at radius 3 is 2.53 bits per heavy atom. The summed E-state index contributed by atoms with van der Waals surface area (Å²) in [4.78, 5) is 11.3. The van der Waals surface area contributed by atoms with Crippen LogP contribution in [0.15, 0.2) is 30.5 Å². The van der Waals surface area contributed by atoms with Gasteiger partial charge in [0, 0.05) is 5.56 Å². The number of aromatic nitrogens is 2. The highest BCUT2D eigenvalue weighted by Gasteiger charge is 2.09. The number of rotatable bonds is 3. The van der Waals surface area contributed by atoms with Gasteiger partial charge in [-0.1, -0.05) is 12.1 Å². The SMILES string of the molecule is COC(=O)c1ccc(-c2[nH]ncc2OC)cc1. The molecule has 1 aromatic carbocycles. The number of nitrogens with one attached hydrogen (secondary N) is 1. The Balaban J connectivity index is 2.32. The smallest absolute Gasteiger partial charge is 0.337 e. The van der Waals surface area contributed by atoms with Crippen molar-refractivity contribution in [3.63, 3.8) is 0 Å². The van der Waals surface area contributed by atoms with Gasteiger partial charge >= 0.3 is 5.97 Å². The fourth-order valence-corrected chi connectivity index (χ4v) is 1.53. The van der Waals surface area contributed by atoms with Gasteiger partial charge in [-0.2, -0.15) is 5.10 Å². The van der Waals surface area contributed by atoms with E-state index in [1.807, 2.05) is 12.1 Å². The molecule has 1 aromatic heterocycles. The molecule has 88 valence electrons. The van der Waals surface area contributed by atoms with Crippen LogP contribution in [-0.4, -0.2) is 30.4 Å². The Bertz CT molecular complexity index is 517. The number of esters is 1. The van der Waals surface area contributed by atoms with E-state index in [0.717, 1.165) is 11.3 Å². The first-order valence-electron chi connectivity index (χ1n) is 5.02. The molecular formula is C12H12N2O3. The number of carbonyl (C=O) groups excluding carboxylic acids is 1. The molecule has 1 heterocycles. The van der Waals surface area contributed by atoms with Crippen LogP contribution in [0.1, 0.15) is 10.4 Å². The van der Waals surface area contributed by atoms with Crippen molar-refractivity contribution < 1.29 is 14.3 Å². The molecule has 0 bridgehead atoms. The summed E-state index contributed by atoms with van der Waals surface area (Å²) < 4.78 is 9.78. The van der Waals surface area contributed by atoms with Crippen LogP contribution in [0.4, 0.5) is 0 Å². The van der Waals surface area contributed by atoms with Crippen molar-refractivity contribution in [2.75, 3.05) is 14.2 Å². The Morgan fingerprint density at radius 1 is 1.24 bits per heavy atom. The standard InChI is InChI=1S/C12H12N2O3/c1-16-10-7-13-14-11(10)8-3-5-9(6-4-8)12(15)17-2/h3-7H,1-2H3,(H,13,14). The van der Waals surface area contributed by atoms with E-state index in [1.54, 1.807) is 25.4 Å². The summed E-state index contributed by atoms with van der Waals surface area (Å²) in [5.41, 5.74) is 2.19. The van der Waals surface area contributed by atoms with Gasteiger partial charge in [0.1, 0.15) is 5.69 Å². The minimum Gasteiger partial charge on any atom is -0.493 e. The van der Waals surface area contributed by atoms with Crippen molar-refractivity contribution in [3.8, 4) is 17.0 Å². The highest BCUT2D eigenvalue weighted by Crippen LogP contribution is 2.27.